The minimum absolute atomic E-state index is 0.737. The van der Waals surface area contributed by atoms with Crippen LogP contribution >= 0.6 is 15.9 Å². The zero-order valence-corrected chi connectivity index (χ0v) is 33.1. The van der Waals surface area contributed by atoms with Crippen LogP contribution in [-0.4, -0.2) is 17.6 Å². The molecule has 1 aliphatic heterocycles. The van der Waals surface area contributed by atoms with E-state index in [0.29, 0.717) is 0 Å². The van der Waals surface area contributed by atoms with Crippen LogP contribution in [0.5, 0.6) is 0 Å². The van der Waals surface area contributed by atoms with Gasteiger partial charge in [-0.05, 0) is 118 Å². The fourth-order valence-corrected chi connectivity index (χ4v) is 8.49. The first-order valence-electron chi connectivity index (χ1n) is 19.7. The molecular weight excluding hydrogens is 661 g/mol. The molecule has 0 saturated carbocycles. The highest BCUT2D eigenvalue weighted by atomic mass is 79.9. The van der Waals surface area contributed by atoms with Gasteiger partial charge in [0.25, 0.3) is 0 Å². The summed E-state index contributed by atoms with van der Waals surface area (Å²) < 4.78 is 33.2. The molecule has 2 aliphatic carbocycles. The standard InChI is InChI=1S/C38H52BBrF2N2.2C2H6/c1-27-26-30(40)24-25-31(27)36(37-34-22-18-14-10-6-4-8-12-16-20-32(34)28(2)43-37)38-35-23-19-15-11-7-5-9-13-17-21-33(35)29(3)44(38)39(41)42;2*1-2/h24-26H,4-23H2,1-3H3;2*1-2H3/b37-36-;;. The molecule has 5 rings (SSSR count). The van der Waals surface area contributed by atoms with E-state index < -0.39 is 7.40 Å². The van der Waals surface area contributed by atoms with E-state index in [1.165, 1.54) is 98.2 Å². The normalized spacial score (nSPS) is 19.3. The molecule has 0 spiro atoms. The van der Waals surface area contributed by atoms with E-state index in [-0.39, 0.29) is 0 Å². The van der Waals surface area contributed by atoms with Crippen molar-refractivity contribution in [2.45, 2.75) is 177 Å². The van der Waals surface area contributed by atoms with Crippen molar-refractivity contribution in [2.75, 3.05) is 0 Å². The molecule has 0 N–H and O–H groups in total. The number of aromatic nitrogens is 1. The van der Waals surface area contributed by atoms with Crippen molar-refractivity contribution < 1.29 is 8.63 Å². The Morgan fingerprint density at radius 3 is 1.60 bits per heavy atom. The first-order valence-corrected chi connectivity index (χ1v) is 20.5. The number of fused-ring (bicyclic) bond motifs is 1. The smallest absolute Gasteiger partial charge is 0.329 e. The van der Waals surface area contributed by atoms with Crippen LogP contribution in [0.2, 0.25) is 0 Å². The van der Waals surface area contributed by atoms with Crippen molar-refractivity contribution >= 4 is 34.6 Å². The maximum absolute atomic E-state index is 15.4. The van der Waals surface area contributed by atoms with Crippen molar-refractivity contribution in [1.82, 2.24) is 4.48 Å². The van der Waals surface area contributed by atoms with Gasteiger partial charge in [-0.15, -0.1) is 0 Å². The summed E-state index contributed by atoms with van der Waals surface area (Å²) in [6, 6.07) is 6.34. The molecule has 0 saturated heterocycles. The molecule has 266 valence electrons. The summed E-state index contributed by atoms with van der Waals surface area (Å²) in [6.07, 6.45) is 23.3. The molecule has 0 unspecified atom stereocenters. The van der Waals surface area contributed by atoms with Gasteiger partial charge in [-0.1, -0.05) is 127 Å². The van der Waals surface area contributed by atoms with Gasteiger partial charge in [0.1, 0.15) is 0 Å². The molecule has 1 aromatic carbocycles. The largest absolute Gasteiger partial charge is 0.677 e. The third kappa shape index (κ3) is 10.3. The molecule has 0 atom stereocenters. The lowest BCUT2D eigenvalue weighted by atomic mass is 9.86. The summed E-state index contributed by atoms with van der Waals surface area (Å²) in [5.41, 5.74) is 11.6. The van der Waals surface area contributed by atoms with Crippen LogP contribution in [-0.2, 0) is 12.8 Å². The summed E-state index contributed by atoms with van der Waals surface area (Å²) in [7, 11) is -2.60. The van der Waals surface area contributed by atoms with E-state index in [1.807, 2.05) is 34.6 Å². The molecule has 2 nitrogen and oxygen atoms in total. The molecule has 2 aromatic rings. The number of rotatable bonds is 3. The lowest BCUT2D eigenvalue weighted by Gasteiger charge is -2.21. The second kappa shape index (κ2) is 21.3. The first kappa shape index (κ1) is 40.5. The Morgan fingerprint density at radius 2 is 1.10 bits per heavy atom. The molecule has 6 heteroatoms. The molecule has 0 radical (unpaired) electrons. The predicted octanol–water partition coefficient (Wildman–Crippen LogP) is 14.4. The first-order chi connectivity index (χ1) is 23.4. The average molecular weight is 726 g/mol. The SMILES string of the molecule is CC.CC.CC1=N/C(=C(/c2ccc(Br)cc2C)c2c3c(c(C)n2B(F)F)CCCCCCCCCC3)C2=C1CCCCCCCCCC2. The summed E-state index contributed by atoms with van der Waals surface area (Å²) >= 11 is 3.67. The van der Waals surface area contributed by atoms with Crippen LogP contribution in [0.4, 0.5) is 8.63 Å². The molecule has 0 bridgehead atoms. The van der Waals surface area contributed by atoms with Gasteiger partial charge in [-0.3, -0.25) is 13.6 Å². The number of aryl methyl sites for hydroxylation is 1. The molecule has 0 amide bonds. The van der Waals surface area contributed by atoms with Gasteiger partial charge in [0, 0.05) is 27.1 Å². The number of hydrogen-bond acceptors (Lipinski definition) is 1. The second-order valence-corrected chi connectivity index (χ2v) is 14.4. The third-order valence-electron chi connectivity index (χ3n) is 10.4. The Balaban J connectivity index is 0.00000151. The maximum Gasteiger partial charge on any atom is 0.677 e. The minimum Gasteiger partial charge on any atom is -0.329 e. The van der Waals surface area contributed by atoms with Gasteiger partial charge in [0.2, 0.25) is 0 Å². The molecule has 0 fully saturated rings. The topological polar surface area (TPSA) is 17.3 Å². The summed E-state index contributed by atoms with van der Waals surface area (Å²) in [5, 5.41) is 0. The van der Waals surface area contributed by atoms with Crippen molar-refractivity contribution in [3.63, 3.8) is 0 Å². The zero-order valence-electron chi connectivity index (χ0n) is 31.5. The number of aliphatic imine (C=N–C) groups is 1. The average Bonchev–Trinajstić information content (AvgIpc) is 3.52. The van der Waals surface area contributed by atoms with Crippen LogP contribution in [0, 0.1) is 13.8 Å². The van der Waals surface area contributed by atoms with E-state index in [9.17, 15) is 0 Å². The Morgan fingerprint density at radius 1 is 0.646 bits per heavy atom. The quantitative estimate of drug-likeness (QED) is 0.280. The van der Waals surface area contributed by atoms with Gasteiger partial charge in [0.05, 0.1) is 5.70 Å². The van der Waals surface area contributed by atoms with E-state index in [2.05, 4.69) is 48.0 Å². The van der Waals surface area contributed by atoms with Crippen molar-refractivity contribution in [3.05, 3.63) is 73.2 Å². The molecule has 2 heterocycles. The van der Waals surface area contributed by atoms with Crippen molar-refractivity contribution in [2.24, 2.45) is 4.99 Å². The van der Waals surface area contributed by atoms with Crippen LogP contribution < -0.4 is 0 Å². The minimum atomic E-state index is -2.60. The van der Waals surface area contributed by atoms with Crippen LogP contribution in [0.25, 0.3) is 5.57 Å². The van der Waals surface area contributed by atoms with E-state index >= 15 is 8.63 Å². The highest BCUT2D eigenvalue weighted by molar-refractivity contribution is 9.10. The van der Waals surface area contributed by atoms with Crippen molar-refractivity contribution in [1.29, 1.82) is 0 Å². The zero-order chi connectivity index (χ0) is 35.1. The fourth-order valence-electron chi connectivity index (χ4n) is 8.01. The van der Waals surface area contributed by atoms with E-state index in [1.54, 1.807) is 0 Å². The number of allylic oxidation sites excluding steroid dienone is 2. The molecule has 48 heavy (non-hydrogen) atoms. The van der Waals surface area contributed by atoms with Crippen LogP contribution in [0.3, 0.4) is 0 Å². The van der Waals surface area contributed by atoms with Crippen LogP contribution in [0.1, 0.15) is 184 Å². The van der Waals surface area contributed by atoms with Gasteiger partial charge in [-0.25, -0.2) is 0 Å². The number of benzene rings is 1. The summed E-state index contributed by atoms with van der Waals surface area (Å²) in [5.74, 6) is 0. The Bertz CT molecular complexity index is 1400. The van der Waals surface area contributed by atoms with Gasteiger partial charge < -0.3 is 4.48 Å². The van der Waals surface area contributed by atoms with Gasteiger partial charge >= 0.3 is 7.40 Å². The van der Waals surface area contributed by atoms with E-state index in [4.69, 9.17) is 4.99 Å². The summed E-state index contributed by atoms with van der Waals surface area (Å²) in [4.78, 5) is 5.35. The third-order valence-corrected chi connectivity index (χ3v) is 10.9. The number of halogens is 3. The Labute approximate surface area is 301 Å². The molecule has 3 aliphatic rings. The fraction of sp³-hybridized carbons (Fsp3) is 0.643. The highest BCUT2D eigenvalue weighted by Crippen LogP contribution is 2.44. The highest BCUT2D eigenvalue weighted by Gasteiger charge is 2.34. The Kier molecular flexibility index (Phi) is 18.0. The number of nitrogens with zero attached hydrogens (tertiary/aromatic N) is 2. The predicted molar refractivity (Wildman–Crippen MR) is 211 cm³/mol. The monoisotopic (exact) mass is 724 g/mol. The van der Waals surface area contributed by atoms with Crippen LogP contribution in [0.15, 0.2) is 44.5 Å². The van der Waals surface area contributed by atoms with Gasteiger partial charge in [-0.2, -0.15) is 0 Å². The second-order valence-electron chi connectivity index (χ2n) is 13.5. The summed E-state index contributed by atoms with van der Waals surface area (Å²) in [6.45, 7) is 14.2. The molecule has 1 aromatic heterocycles. The van der Waals surface area contributed by atoms with E-state index in [0.717, 1.165) is 101 Å². The maximum atomic E-state index is 15.4. The number of hydrogen-bond donors (Lipinski definition) is 0. The lowest BCUT2D eigenvalue weighted by molar-refractivity contribution is 0.560. The lowest BCUT2D eigenvalue weighted by Crippen LogP contribution is -2.19. The van der Waals surface area contributed by atoms with Crippen molar-refractivity contribution in [3.8, 4) is 0 Å². The Hall–Kier alpha value is -1.95. The van der Waals surface area contributed by atoms with Gasteiger partial charge in [0.15, 0.2) is 0 Å². The molecular formula is C42H64BBrF2N2.